The average molecular weight is 257 g/mol. The molecule has 1 aromatic heterocycles. The first-order valence-electron chi connectivity index (χ1n) is 6.87. The lowest BCUT2D eigenvalue weighted by Gasteiger charge is -2.19. The van der Waals surface area contributed by atoms with Crippen LogP contribution in [-0.4, -0.2) is 29.0 Å². The highest BCUT2D eigenvalue weighted by atomic mass is 16.5. The van der Waals surface area contributed by atoms with Crippen LogP contribution in [0.2, 0.25) is 0 Å². The van der Waals surface area contributed by atoms with Crippen molar-refractivity contribution in [1.82, 2.24) is 9.78 Å². The Bertz CT molecular complexity index is 502. The average Bonchev–Trinajstić information content (AvgIpc) is 2.85. The van der Waals surface area contributed by atoms with E-state index in [4.69, 9.17) is 4.74 Å². The molecule has 100 valence electrons. The smallest absolute Gasteiger partial charge is 0.0876 e. The van der Waals surface area contributed by atoms with Gasteiger partial charge in [0.05, 0.1) is 11.4 Å². The molecule has 1 aromatic carbocycles. The molecular weight excluding hydrogens is 238 g/mol. The number of hydrogen-bond acceptors (Lipinski definition) is 3. The van der Waals surface area contributed by atoms with E-state index in [0.717, 1.165) is 43.9 Å². The molecule has 4 heteroatoms. The Morgan fingerprint density at radius 2 is 2.11 bits per heavy atom. The van der Waals surface area contributed by atoms with E-state index in [-0.39, 0.29) is 0 Å². The fraction of sp³-hybridized carbons (Fsp3) is 0.400. The summed E-state index contributed by atoms with van der Waals surface area (Å²) >= 11 is 0. The number of ether oxygens (including phenoxy) is 1. The summed E-state index contributed by atoms with van der Waals surface area (Å²) in [5.41, 5.74) is 2.23. The van der Waals surface area contributed by atoms with Crippen LogP contribution >= 0.6 is 0 Å². The molecule has 1 saturated heterocycles. The summed E-state index contributed by atoms with van der Waals surface area (Å²) in [5.74, 6) is 0. The van der Waals surface area contributed by atoms with Crippen molar-refractivity contribution < 1.29 is 4.74 Å². The second-order valence-corrected chi connectivity index (χ2v) is 4.85. The lowest BCUT2D eigenvalue weighted by Crippen LogP contribution is -2.20. The fourth-order valence-electron chi connectivity index (χ4n) is 2.47. The van der Waals surface area contributed by atoms with E-state index in [1.807, 2.05) is 23.0 Å². The zero-order valence-electron chi connectivity index (χ0n) is 11.0. The molecule has 1 fully saturated rings. The topological polar surface area (TPSA) is 39.1 Å². The predicted molar refractivity (Wildman–Crippen MR) is 75.6 cm³/mol. The molecule has 19 heavy (non-hydrogen) atoms. The van der Waals surface area contributed by atoms with Gasteiger partial charge in [-0.05, 0) is 37.5 Å². The maximum Gasteiger partial charge on any atom is 0.0876 e. The summed E-state index contributed by atoms with van der Waals surface area (Å²) < 4.78 is 7.41. The minimum Gasteiger partial charge on any atom is -0.381 e. The van der Waals surface area contributed by atoms with Gasteiger partial charge in [0.15, 0.2) is 0 Å². The first kappa shape index (κ1) is 12.2. The zero-order chi connectivity index (χ0) is 12.9. The number of anilines is 1. The molecule has 1 aliphatic heterocycles. The van der Waals surface area contributed by atoms with Gasteiger partial charge in [0.1, 0.15) is 0 Å². The van der Waals surface area contributed by atoms with Gasteiger partial charge in [0.2, 0.25) is 0 Å². The lowest BCUT2D eigenvalue weighted by atomic mass is 10.1. The molecule has 0 radical (unpaired) electrons. The van der Waals surface area contributed by atoms with Crippen LogP contribution in [0.4, 0.5) is 5.69 Å². The first-order valence-corrected chi connectivity index (χ1v) is 6.87. The van der Waals surface area contributed by atoms with Gasteiger partial charge in [0, 0.05) is 31.6 Å². The van der Waals surface area contributed by atoms with E-state index in [0.29, 0.717) is 6.04 Å². The molecule has 1 unspecified atom stereocenters. The Labute approximate surface area is 113 Å². The maximum atomic E-state index is 5.51. The minimum absolute atomic E-state index is 0.485. The number of para-hydroxylation sites is 2. The van der Waals surface area contributed by atoms with Gasteiger partial charge in [-0.3, -0.25) is 0 Å². The molecule has 4 nitrogen and oxygen atoms in total. The van der Waals surface area contributed by atoms with Crippen molar-refractivity contribution in [3.8, 4) is 5.69 Å². The van der Waals surface area contributed by atoms with Crippen molar-refractivity contribution in [2.45, 2.75) is 25.3 Å². The van der Waals surface area contributed by atoms with E-state index in [9.17, 15) is 0 Å². The molecule has 0 bridgehead atoms. The predicted octanol–water partition coefficient (Wildman–Crippen LogP) is 2.85. The zero-order valence-corrected chi connectivity index (χ0v) is 11.0. The second kappa shape index (κ2) is 5.89. The van der Waals surface area contributed by atoms with Crippen molar-refractivity contribution in [2.24, 2.45) is 0 Å². The quantitative estimate of drug-likeness (QED) is 0.919. The van der Waals surface area contributed by atoms with Gasteiger partial charge in [0.25, 0.3) is 0 Å². The molecular formula is C15H19N3O. The highest BCUT2D eigenvalue weighted by Crippen LogP contribution is 2.22. The molecule has 1 aliphatic rings. The Hall–Kier alpha value is -1.81. The van der Waals surface area contributed by atoms with E-state index >= 15 is 0 Å². The molecule has 3 rings (SSSR count). The van der Waals surface area contributed by atoms with E-state index in [1.165, 1.54) is 0 Å². The molecule has 0 aliphatic carbocycles. The third kappa shape index (κ3) is 2.96. The van der Waals surface area contributed by atoms with Crippen LogP contribution in [0.3, 0.4) is 0 Å². The van der Waals surface area contributed by atoms with E-state index in [2.05, 4.69) is 28.6 Å². The molecule has 1 N–H and O–H groups in total. The summed E-state index contributed by atoms with van der Waals surface area (Å²) in [4.78, 5) is 0. The maximum absolute atomic E-state index is 5.51. The van der Waals surface area contributed by atoms with E-state index in [1.54, 1.807) is 6.20 Å². The molecule has 0 spiro atoms. The van der Waals surface area contributed by atoms with Crippen LogP contribution in [-0.2, 0) is 4.74 Å². The first-order chi connectivity index (χ1) is 9.43. The van der Waals surface area contributed by atoms with E-state index < -0.39 is 0 Å². The lowest BCUT2D eigenvalue weighted by molar-refractivity contribution is 0.144. The molecule has 2 aromatic rings. The number of aromatic nitrogens is 2. The monoisotopic (exact) mass is 257 g/mol. The van der Waals surface area contributed by atoms with Gasteiger partial charge >= 0.3 is 0 Å². The van der Waals surface area contributed by atoms with Gasteiger partial charge < -0.3 is 10.1 Å². The third-order valence-electron chi connectivity index (χ3n) is 3.47. The van der Waals surface area contributed by atoms with Crippen LogP contribution in [0, 0.1) is 0 Å². The SMILES string of the molecule is c1ccc(-n2cccn2)c(NC2CCCOCC2)c1. The van der Waals surface area contributed by atoms with Crippen LogP contribution in [0.25, 0.3) is 5.69 Å². The number of hydrogen-bond donors (Lipinski definition) is 1. The van der Waals surface area contributed by atoms with Crippen LogP contribution < -0.4 is 5.32 Å². The summed E-state index contributed by atoms with van der Waals surface area (Å²) in [6.45, 7) is 1.74. The van der Waals surface area contributed by atoms with Crippen molar-refractivity contribution in [3.63, 3.8) is 0 Å². The van der Waals surface area contributed by atoms with Crippen molar-refractivity contribution in [3.05, 3.63) is 42.7 Å². The summed E-state index contributed by atoms with van der Waals surface area (Å²) in [6.07, 6.45) is 7.12. The Morgan fingerprint density at radius 1 is 1.16 bits per heavy atom. The van der Waals surface area contributed by atoms with Gasteiger partial charge in [-0.25, -0.2) is 4.68 Å². The van der Waals surface area contributed by atoms with Crippen LogP contribution in [0.1, 0.15) is 19.3 Å². The summed E-state index contributed by atoms with van der Waals surface area (Å²) in [5, 5.41) is 7.95. The highest BCUT2D eigenvalue weighted by molar-refractivity contribution is 5.61. The molecule has 0 amide bonds. The minimum atomic E-state index is 0.485. The Morgan fingerprint density at radius 3 is 3.00 bits per heavy atom. The van der Waals surface area contributed by atoms with Crippen molar-refractivity contribution in [2.75, 3.05) is 18.5 Å². The number of nitrogens with zero attached hydrogens (tertiary/aromatic N) is 2. The Kier molecular flexibility index (Phi) is 3.79. The standard InChI is InChI=1S/C15H19N3O/c1-2-7-15(18-10-4-9-16-18)14(6-1)17-13-5-3-11-19-12-8-13/h1-2,4,6-7,9-10,13,17H,3,5,8,11-12H2. The summed E-state index contributed by atoms with van der Waals surface area (Å²) in [6, 6.07) is 10.7. The molecule has 0 saturated carbocycles. The fourth-order valence-corrected chi connectivity index (χ4v) is 2.47. The normalized spacial score (nSPS) is 19.9. The second-order valence-electron chi connectivity index (χ2n) is 4.85. The van der Waals surface area contributed by atoms with Gasteiger partial charge in [-0.15, -0.1) is 0 Å². The third-order valence-corrected chi connectivity index (χ3v) is 3.47. The number of rotatable bonds is 3. The van der Waals surface area contributed by atoms with Crippen LogP contribution in [0.15, 0.2) is 42.7 Å². The van der Waals surface area contributed by atoms with Gasteiger partial charge in [-0.1, -0.05) is 12.1 Å². The van der Waals surface area contributed by atoms with Crippen molar-refractivity contribution in [1.29, 1.82) is 0 Å². The molecule has 1 atom stereocenters. The van der Waals surface area contributed by atoms with Crippen molar-refractivity contribution >= 4 is 5.69 Å². The summed E-state index contributed by atoms with van der Waals surface area (Å²) in [7, 11) is 0. The van der Waals surface area contributed by atoms with Crippen LogP contribution in [0.5, 0.6) is 0 Å². The highest BCUT2D eigenvalue weighted by Gasteiger charge is 2.14. The number of nitrogens with one attached hydrogen (secondary N) is 1. The Balaban J connectivity index is 1.80. The van der Waals surface area contributed by atoms with Gasteiger partial charge in [-0.2, -0.15) is 5.10 Å². The largest absolute Gasteiger partial charge is 0.381 e. The number of benzene rings is 1. The molecule has 2 heterocycles.